The highest BCUT2D eigenvalue weighted by Gasteiger charge is 2.44. The van der Waals surface area contributed by atoms with Crippen LogP contribution in [0, 0.1) is 17.3 Å². The molecule has 0 aromatic heterocycles. The maximum atomic E-state index is 12.1. The zero-order chi connectivity index (χ0) is 23.7. The van der Waals surface area contributed by atoms with Crippen molar-refractivity contribution in [1.82, 2.24) is 5.32 Å². The van der Waals surface area contributed by atoms with Gasteiger partial charge in [0.2, 0.25) is 5.91 Å². The molecule has 32 heavy (non-hydrogen) atoms. The summed E-state index contributed by atoms with van der Waals surface area (Å²) >= 11 is 0. The van der Waals surface area contributed by atoms with Crippen LogP contribution in [-0.2, 0) is 16.0 Å². The minimum absolute atomic E-state index is 0.0143. The predicted molar refractivity (Wildman–Crippen MR) is 126 cm³/mol. The van der Waals surface area contributed by atoms with Gasteiger partial charge in [0.1, 0.15) is 0 Å². The van der Waals surface area contributed by atoms with Crippen LogP contribution in [0.3, 0.4) is 0 Å². The summed E-state index contributed by atoms with van der Waals surface area (Å²) in [5.74, 6) is 2.12. The van der Waals surface area contributed by atoms with E-state index in [4.69, 9.17) is 19.9 Å². The van der Waals surface area contributed by atoms with Gasteiger partial charge >= 0.3 is 0 Å². The third kappa shape index (κ3) is 7.94. The Labute approximate surface area is 193 Å². The van der Waals surface area contributed by atoms with Crippen LogP contribution in [0.15, 0.2) is 18.2 Å². The van der Waals surface area contributed by atoms with Crippen LogP contribution in [-0.4, -0.2) is 57.1 Å². The summed E-state index contributed by atoms with van der Waals surface area (Å²) in [7, 11) is 3.31. The number of hydrogen-bond donors (Lipinski definition) is 3. The number of hydrogen-bond acceptors (Lipinski definition) is 6. The van der Waals surface area contributed by atoms with E-state index in [0.717, 1.165) is 37.0 Å². The molecular formula is C25H42N2O5. The summed E-state index contributed by atoms with van der Waals surface area (Å²) in [6.07, 6.45) is 3.36. The van der Waals surface area contributed by atoms with Gasteiger partial charge < -0.3 is 30.4 Å². The van der Waals surface area contributed by atoms with Crippen molar-refractivity contribution in [2.75, 3.05) is 34.0 Å². The van der Waals surface area contributed by atoms with E-state index in [1.807, 2.05) is 19.1 Å². The molecule has 1 aliphatic carbocycles. The third-order valence-electron chi connectivity index (χ3n) is 6.51. The maximum Gasteiger partial charge on any atom is 0.226 e. The molecule has 0 heterocycles. The monoisotopic (exact) mass is 450 g/mol. The van der Waals surface area contributed by atoms with Gasteiger partial charge in [-0.1, -0.05) is 26.8 Å². The number of ether oxygens (including phenoxy) is 3. The van der Waals surface area contributed by atoms with E-state index in [1.54, 1.807) is 14.2 Å². The lowest BCUT2D eigenvalue weighted by Crippen LogP contribution is -2.46. The Kier molecular flexibility index (Phi) is 10.3. The molecule has 1 saturated carbocycles. The van der Waals surface area contributed by atoms with Gasteiger partial charge in [-0.15, -0.1) is 0 Å². The van der Waals surface area contributed by atoms with Gasteiger partial charge in [0, 0.05) is 38.1 Å². The molecule has 0 spiro atoms. The summed E-state index contributed by atoms with van der Waals surface area (Å²) in [6, 6.07) is 5.60. The molecule has 1 fully saturated rings. The van der Waals surface area contributed by atoms with Gasteiger partial charge in [0.05, 0.1) is 19.8 Å². The Balaban J connectivity index is 1.94. The molecule has 0 aliphatic heterocycles. The van der Waals surface area contributed by atoms with Crippen molar-refractivity contribution < 1.29 is 24.1 Å². The quantitative estimate of drug-likeness (QED) is 0.355. The van der Waals surface area contributed by atoms with E-state index < -0.39 is 12.1 Å². The SMILES string of the molecule is COCCCOc1cc(C[C@@H](C[C@H](N)[C@@H](O)CNC(=O)C2(C)CC2)C(C)C)ccc1OC. The number of methoxy groups -OCH3 is 2. The molecule has 0 radical (unpaired) electrons. The average Bonchev–Trinajstić information content (AvgIpc) is 3.52. The zero-order valence-corrected chi connectivity index (χ0v) is 20.4. The van der Waals surface area contributed by atoms with Gasteiger partial charge in [-0.05, 0) is 55.2 Å². The van der Waals surface area contributed by atoms with Crippen LogP contribution < -0.4 is 20.5 Å². The van der Waals surface area contributed by atoms with Crippen LogP contribution in [0.1, 0.15) is 52.0 Å². The smallest absolute Gasteiger partial charge is 0.226 e. The van der Waals surface area contributed by atoms with Crippen molar-refractivity contribution in [3.05, 3.63) is 23.8 Å². The fourth-order valence-electron chi connectivity index (χ4n) is 3.72. The second-order valence-electron chi connectivity index (χ2n) is 9.63. The van der Waals surface area contributed by atoms with Gasteiger partial charge in [-0.3, -0.25) is 4.79 Å². The molecule has 182 valence electrons. The summed E-state index contributed by atoms with van der Waals surface area (Å²) in [5.41, 5.74) is 7.23. The Morgan fingerprint density at radius 3 is 2.53 bits per heavy atom. The van der Waals surface area contributed by atoms with E-state index in [2.05, 4.69) is 25.2 Å². The van der Waals surface area contributed by atoms with Gasteiger partial charge in [0.15, 0.2) is 11.5 Å². The molecule has 0 bridgehead atoms. The van der Waals surface area contributed by atoms with Crippen LogP contribution in [0.5, 0.6) is 11.5 Å². The van der Waals surface area contributed by atoms with Crippen LogP contribution in [0.4, 0.5) is 0 Å². The highest BCUT2D eigenvalue weighted by atomic mass is 16.5. The lowest BCUT2D eigenvalue weighted by Gasteiger charge is -2.28. The first-order chi connectivity index (χ1) is 15.2. The van der Waals surface area contributed by atoms with Crippen molar-refractivity contribution in [3.8, 4) is 11.5 Å². The molecule has 4 N–H and O–H groups in total. The van der Waals surface area contributed by atoms with Crippen molar-refractivity contribution in [2.45, 2.75) is 65.0 Å². The first-order valence-corrected chi connectivity index (χ1v) is 11.7. The summed E-state index contributed by atoms with van der Waals surface area (Å²) in [4.78, 5) is 12.1. The first kappa shape index (κ1) is 26.4. The van der Waals surface area contributed by atoms with Crippen LogP contribution in [0.25, 0.3) is 0 Å². The van der Waals surface area contributed by atoms with E-state index in [9.17, 15) is 9.90 Å². The summed E-state index contributed by atoms with van der Waals surface area (Å²) < 4.78 is 16.4. The lowest BCUT2D eigenvalue weighted by atomic mass is 9.83. The normalized spacial score (nSPS) is 17.5. The number of aliphatic hydroxyl groups is 1. The molecule has 1 aromatic rings. The molecule has 1 aliphatic rings. The summed E-state index contributed by atoms with van der Waals surface area (Å²) in [5, 5.41) is 13.4. The average molecular weight is 451 g/mol. The topological polar surface area (TPSA) is 103 Å². The Morgan fingerprint density at radius 1 is 1.22 bits per heavy atom. The van der Waals surface area contributed by atoms with E-state index >= 15 is 0 Å². The van der Waals surface area contributed by atoms with Crippen molar-refractivity contribution in [3.63, 3.8) is 0 Å². The van der Waals surface area contributed by atoms with E-state index in [0.29, 0.717) is 31.3 Å². The Morgan fingerprint density at radius 2 is 1.94 bits per heavy atom. The molecule has 0 saturated heterocycles. The Bertz CT molecular complexity index is 720. The molecule has 7 heteroatoms. The highest BCUT2D eigenvalue weighted by Crippen LogP contribution is 2.45. The second-order valence-corrected chi connectivity index (χ2v) is 9.63. The van der Waals surface area contributed by atoms with Crippen LogP contribution >= 0.6 is 0 Å². The van der Waals surface area contributed by atoms with Crippen LogP contribution in [0.2, 0.25) is 0 Å². The molecule has 3 atom stereocenters. The largest absolute Gasteiger partial charge is 0.493 e. The van der Waals surface area contributed by atoms with Gasteiger partial charge in [-0.2, -0.15) is 0 Å². The fraction of sp³-hybridized carbons (Fsp3) is 0.720. The number of benzene rings is 1. The van der Waals surface area contributed by atoms with Crippen molar-refractivity contribution >= 4 is 5.91 Å². The van der Waals surface area contributed by atoms with Crippen molar-refractivity contribution in [1.29, 1.82) is 0 Å². The number of carbonyl (C=O) groups is 1. The first-order valence-electron chi connectivity index (χ1n) is 11.7. The highest BCUT2D eigenvalue weighted by molar-refractivity contribution is 5.84. The predicted octanol–water partition coefficient (Wildman–Crippen LogP) is 2.92. The van der Waals surface area contributed by atoms with E-state index in [-0.39, 0.29) is 23.8 Å². The summed E-state index contributed by atoms with van der Waals surface area (Å²) in [6.45, 7) is 7.70. The lowest BCUT2D eigenvalue weighted by molar-refractivity contribution is -0.126. The Hall–Kier alpha value is -1.83. The molecule has 2 rings (SSSR count). The molecular weight excluding hydrogens is 408 g/mol. The third-order valence-corrected chi connectivity index (χ3v) is 6.51. The number of amides is 1. The minimum atomic E-state index is -0.766. The number of nitrogens with two attached hydrogens (primary N) is 1. The number of aliphatic hydroxyl groups excluding tert-OH is 1. The second kappa shape index (κ2) is 12.4. The number of carbonyl (C=O) groups excluding carboxylic acids is 1. The number of nitrogens with one attached hydrogen (secondary N) is 1. The van der Waals surface area contributed by atoms with Gasteiger partial charge in [-0.25, -0.2) is 0 Å². The minimum Gasteiger partial charge on any atom is -0.493 e. The van der Waals surface area contributed by atoms with Crippen molar-refractivity contribution in [2.24, 2.45) is 23.0 Å². The molecule has 1 aromatic carbocycles. The van der Waals surface area contributed by atoms with Gasteiger partial charge in [0.25, 0.3) is 0 Å². The van der Waals surface area contributed by atoms with E-state index in [1.165, 1.54) is 0 Å². The molecule has 1 amide bonds. The number of rotatable bonds is 15. The molecule has 7 nitrogen and oxygen atoms in total. The molecule has 0 unspecified atom stereocenters. The maximum absolute atomic E-state index is 12.1. The standard InChI is InChI=1S/C25H42N2O5/c1-17(2)19(15-20(26)21(28)16-27-24(29)25(3)9-10-25)13-18-7-8-22(31-5)23(14-18)32-12-6-11-30-4/h7-8,14,17,19-21,28H,6,9-13,15-16,26H2,1-5H3,(H,27,29)/t19-,20-,21-/m0/s1. The zero-order valence-electron chi connectivity index (χ0n) is 20.4. The fourth-order valence-corrected chi connectivity index (χ4v) is 3.72.